The molecule has 1 aliphatic rings. The van der Waals surface area contributed by atoms with Gasteiger partial charge in [0.15, 0.2) is 0 Å². The molecule has 0 bridgehead atoms. The highest BCUT2D eigenvalue weighted by Gasteiger charge is 2.44. The minimum absolute atomic E-state index is 0.330. The molecule has 0 aliphatic carbocycles. The molecule has 0 spiro atoms. The van der Waals surface area contributed by atoms with Crippen LogP contribution < -0.4 is 0 Å². The largest absolute Gasteiger partial charge is 0.469 e. The first kappa shape index (κ1) is 10.7. The summed E-state index contributed by atoms with van der Waals surface area (Å²) in [6.45, 7) is 3.08. The molecule has 1 N–H and O–H groups in total. The molecule has 0 aromatic carbocycles. The first-order valence-electron chi connectivity index (χ1n) is 4.11. The number of carbonyl (C=O) groups is 2. The number of aliphatic hydroxyl groups is 1. The predicted molar refractivity (Wildman–Crippen MR) is 46.0 cm³/mol. The summed E-state index contributed by atoms with van der Waals surface area (Å²) >= 11 is 0. The van der Waals surface area contributed by atoms with Crippen LogP contribution in [0.3, 0.4) is 0 Å². The van der Waals surface area contributed by atoms with Gasteiger partial charge in [0.2, 0.25) is 5.79 Å². The molecule has 0 aromatic rings. The molecule has 0 radical (unpaired) electrons. The molecule has 0 amide bonds. The van der Waals surface area contributed by atoms with Crippen molar-refractivity contribution in [3.05, 3.63) is 11.1 Å². The zero-order chi connectivity index (χ0) is 10.9. The van der Waals surface area contributed by atoms with E-state index in [1.54, 1.807) is 6.92 Å². The predicted octanol–water partition coefficient (Wildman–Crippen LogP) is 0.131. The summed E-state index contributed by atoms with van der Waals surface area (Å²) in [5, 5.41) is 9.80. The average molecular weight is 200 g/mol. The van der Waals surface area contributed by atoms with Gasteiger partial charge in [-0.3, -0.25) is 4.79 Å². The van der Waals surface area contributed by atoms with Crippen molar-refractivity contribution < 1.29 is 24.2 Å². The van der Waals surface area contributed by atoms with Crippen LogP contribution in [0.15, 0.2) is 11.1 Å². The Balaban J connectivity index is 2.88. The number of hydrogen-bond donors (Lipinski definition) is 1. The molecule has 1 atom stereocenters. The van der Waals surface area contributed by atoms with E-state index in [-0.39, 0.29) is 6.42 Å². The molecule has 0 aromatic heterocycles. The van der Waals surface area contributed by atoms with E-state index in [0.717, 1.165) is 0 Å². The SMILES string of the molecule is COC(=O)CC1(O)OC(=O)C(C)=C1C. The van der Waals surface area contributed by atoms with Gasteiger partial charge in [0.1, 0.15) is 6.42 Å². The van der Waals surface area contributed by atoms with E-state index in [1.807, 2.05) is 0 Å². The van der Waals surface area contributed by atoms with E-state index < -0.39 is 17.7 Å². The van der Waals surface area contributed by atoms with E-state index in [0.29, 0.717) is 11.1 Å². The molecule has 1 aliphatic heterocycles. The third kappa shape index (κ3) is 1.63. The molecular formula is C9H12O5. The quantitative estimate of drug-likeness (QED) is 0.641. The Morgan fingerprint density at radius 1 is 1.57 bits per heavy atom. The Morgan fingerprint density at radius 3 is 2.50 bits per heavy atom. The van der Waals surface area contributed by atoms with Crippen LogP contribution in [-0.4, -0.2) is 29.9 Å². The molecule has 1 unspecified atom stereocenters. The Morgan fingerprint density at radius 2 is 2.14 bits per heavy atom. The van der Waals surface area contributed by atoms with Gasteiger partial charge in [-0.1, -0.05) is 0 Å². The summed E-state index contributed by atoms with van der Waals surface area (Å²) in [5.74, 6) is -3.06. The van der Waals surface area contributed by atoms with E-state index in [9.17, 15) is 14.7 Å². The lowest BCUT2D eigenvalue weighted by Crippen LogP contribution is -2.34. The summed E-state index contributed by atoms with van der Waals surface area (Å²) in [4.78, 5) is 22.0. The summed E-state index contributed by atoms with van der Waals surface area (Å²) < 4.78 is 9.07. The highest BCUT2D eigenvalue weighted by atomic mass is 16.7. The summed E-state index contributed by atoms with van der Waals surface area (Å²) in [6.07, 6.45) is -0.377. The van der Waals surface area contributed by atoms with Gasteiger partial charge in [0.05, 0.1) is 7.11 Å². The minimum atomic E-state index is -1.83. The second-order valence-electron chi connectivity index (χ2n) is 3.18. The van der Waals surface area contributed by atoms with Crippen molar-refractivity contribution in [2.75, 3.05) is 7.11 Å². The second-order valence-corrected chi connectivity index (χ2v) is 3.18. The van der Waals surface area contributed by atoms with Crippen molar-refractivity contribution in [3.63, 3.8) is 0 Å². The van der Waals surface area contributed by atoms with E-state index >= 15 is 0 Å². The highest BCUT2D eigenvalue weighted by Crippen LogP contribution is 2.32. The van der Waals surface area contributed by atoms with Gasteiger partial charge in [-0.05, 0) is 13.8 Å². The standard InChI is InChI=1S/C9H12O5/c1-5-6(2)9(12,14-8(5)11)4-7(10)13-3/h12H,4H2,1-3H3. The monoisotopic (exact) mass is 200 g/mol. The third-order valence-corrected chi connectivity index (χ3v) is 2.33. The Kier molecular flexibility index (Phi) is 2.62. The lowest BCUT2D eigenvalue weighted by Gasteiger charge is -2.21. The van der Waals surface area contributed by atoms with Crippen LogP contribution in [0, 0.1) is 0 Å². The number of hydrogen-bond acceptors (Lipinski definition) is 5. The van der Waals surface area contributed by atoms with Crippen LogP contribution in [0.2, 0.25) is 0 Å². The van der Waals surface area contributed by atoms with Crippen LogP contribution >= 0.6 is 0 Å². The van der Waals surface area contributed by atoms with Crippen LogP contribution in [0.5, 0.6) is 0 Å². The first-order valence-corrected chi connectivity index (χ1v) is 4.11. The van der Waals surface area contributed by atoms with Gasteiger partial charge in [0, 0.05) is 11.1 Å². The topological polar surface area (TPSA) is 72.8 Å². The smallest absolute Gasteiger partial charge is 0.336 e. The van der Waals surface area contributed by atoms with Gasteiger partial charge in [-0.2, -0.15) is 0 Å². The summed E-state index contributed by atoms with van der Waals surface area (Å²) in [6, 6.07) is 0. The maximum Gasteiger partial charge on any atom is 0.336 e. The van der Waals surface area contributed by atoms with Crippen molar-refractivity contribution in [2.24, 2.45) is 0 Å². The van der Waals surface area contributed by atoms with E-state index in [4.69, 9.17) is 0 Å². The number of carbonyl (C=O) groups excluding carboxylic acids is 2. The van der Waals surface area contributed by atoms with Gasteiger partial charge < -0.3 is 14.6 Å². The molecule has 1 rings (SSSR count). The fraction of sp³-hybridized carbons (Fsp3) is 0.556. The zero-order valence-electron chi connectivity index (χ0n) is 8.29. The van der Waals surface area contributed by atoms with Crippen LogP contribution in [0.4, 0.5) is 0 Å². The summed E-state index contributed by atoms with van der Waals surface area (Å²) in [5.41, 5.74) is 0.685. The highest BCUT2D eigenvalue weighted by molar-refractivity contribution is 5.92. The molecule has 0 saturated carbocycles. The van der Waals surface area contributed by atoms with E-state index in [1.165, 1.54) is 14.0 Å². The lowest BCUT2D eigenvalue weighted by molar-refractivity contribution is -0.189. The van der Waals surface area contributed by atoms with Gasteiger partial charge in [-0.15, -0.1) is 0 Å². The van der Waals surface area contributed by atoms with E-state index in [2.05, 4.69) is 9.47 Å². The fourth-order valence-electron chi connectivity index (χ4n) is 1.19. The maximum atomic E-state index is 11.1. The van der Waals surface area contributed by atoms with Crippen molar-refractivity contribution in [1.82, 2.24) is 0 Å². The van der Waals surface area contributed by atoms with Gasteiger partial charge in [0.25, 0.3) is 0 Å². The van der Waals surface area contributed by atoms with Crippen LogP contribution in [0.25, 0.3) is 0 Å². The Bertz CT molecular complexity index is 317. The second kappa shape index (κ2) is 3.42. The van der Waals surface area contributed by atoms with Gasteiger partial charge >= 0.3 is 11.9 Å². The lowest BCUT2D eigenvalue weighted by atomic mass is 10.0. The van der Waals surface area contributed by atoms with Crippen molar-refractivity contribution in [1.29, 1.82) is 0 Å². The molecule has 1 heterocycles. The Hall–Kier alpha value is -1.36. The maximum absolute atomic E-state index is 11.1. The Labute approximate surface area is 81.3 Å². The molecule has 0 saturated heterocycles. The molecule has 0 fully saturated rings. The molecule has 78 valence electrons. The average Bonchev–Trinajstić information content (AvgIpc) is 2.30. The summed E-state index contributed by atoms with van der Waals surface area (Å²) in [7, 11) is 1.20. The minimum Gasteiger partial charge on any atom is -0.469 e. The molecule has 14 heavy (non-hydrogen) atoms. The fourth-order valence-corrected chi connectivity index (χ4v) is 1.19. The number of esters is 2. The third-order valence-electron chi connectivity index (χ3n) is 2.33. The van der Waals surface area contributed by atoms with Crippen molar-refractivity contribution >= 4 is 11.9 Å². The van der Waals surface area contributed by atoms with Crippen molar-refractivity contribution in [3.8, 4) is 0 Å². The normalized spacial score (nSPS) is 26.4. The zero-order valence-corrected chi connectivity index (χ0v) is 8.29. The molecule has 5 nitrogen and oxygen atoms in total. The van der Waals surface area contributed by atoms with Crippen LogP contribution in [-0.2, 0) is 19.1 Å². The van der Waals surface area contributed by atoms with Crippen molar-refractivity contribution in [2.45, 2.75) is 26.1 Å². The van der Waals surface area contributed by atoms with Gasteiger partial charge in [-0.25, -0.2) is 4.79 Å². The molecule has 5 heteroatoms. The number of cyclic esters (lactones) is 1. The number of rotatable bonds is 2. The number of methoxy groups -OCH3 is 1. The first-order chi connectivity index (χ1) is 6.40. The molecular weight excluding hydrogens is 188 g/mol. The van der Waals surface area contributed by atoms with Crippen LogP contribution in [0.1, 0.15) is 20.3 Å². The number of ether oxygens (including phenoxy) is 2.